The Morgan fingerprint density at radius 2 is 1.96 bits per heavy atom. The van der Waals surface area contributed by atoms with E-state index in [9.17, 15) is 14.4 Å². The van der Waals surface area contributed by atoms with Gasteiger partial charge in [-0.3, -0.25) is 14.4 Å². The molecule has 8 heteroatoms. The van der Waals surface area contributed by atoms with Gasteiger partial charge in [0, 0.05) is 31.0 Å². The molecule has 28 heavy (non-hydrogen) atoms. The normalized spacial score (nSPS) is 33.9. The molecule has 3 saturated heterocycles. The zero-order valence-electron chi connectivity index (χ0n) is 17.3. The van der Waals surface area contributed by atoms with Gasteiger partial charge in [-0.05, 0) is 52.9 Å². The van der Waals surface area contributed by atoms with E-state index < -0.39 is 16.7 Å². The Labute approximate surface area is 171 Å². The van der Waals surface area contributed by atoms with Crippen molar-refractivity contribution in [2.24, 2.45) is 11.8 Å². The van der Waals surface area contributed by atoms with Crippen LogP contribution in [-0.2, 0) is 14.4 Å². The van der Waals surface area contributed by atoms with Crippen LogP contribution in [-0.4, -0.2) is 69.5 Å². The summed E-state index contributed by atoms with van der Waals surface area (Å²) in [5, 5.41) is 14.9. The van der Waals surface area contributed by atoms with E-state index in [1.165, 1.54) is 0 Å². The van der Waals surface area contributed by atoms with E-state index in [0.717, 1.165) is 25.7 Å². The highest BCUT2D eigenvalue weighted by Gasteiger charge is 2.73. The first-order chi connectivity index (χ1) is 13.2. The van der Waals surface area contributed by atoms with Crippen LogP contribution in [0.4, 0.5) is 0 Å². The average Bonchev–Trinajstić information content (AvgIpc) is 3.24. The van der Waals surface area contributed by atoms with Crippen molar-refractivity contribution in [1.82, 2.24) is 15.5 Å². The molecule has 0 radical (unpaired) electrons. The molecule has 2 unspecified atom stereocenters. The summed E-state index contributed by atoms with van der Waals surface area (Å²) in [6.07, 6.45) is 3.90. The Morgan fingerprint density at radius 3 is 2.57 bits per heavy atom. The molecule has 0 aromatic rings. The van der Waals surface area contributed by atoms with Gasteiger partial charge in [-0.1, -0.05) is 0 Å². The molecule has 0 aliphatic carbocycles. The number of amides is 3. The summed E-state index contributed by atoms with van der Waals surface area (Å²) in [7, 11) is 1.61. The first kappa shape index (κ1) is 21.4. The van der Waals surface area contributed by atoms with E-state index in [-0.39, 0.29) is 41.0 Å². The van der Waals surface area contributed by atoms with Gasteiger partial charge in [-0.15, -0.1) is 11.8 Å². The molecular formula is C20H33N3O4S. The third kappa shape index (κ3) is 3.54. The van der Waals surface area contributed by atoms with Gasteiger partial charge < -0.3 is 20.6 Å². The molecule has 1 spiro atoms. The van der Waals surface area contributed by atoms with Gasteiger partial charge >= 0.3 is 0 Å². The lowest BCUT2D eigenvalue weighted by Crippen LogP contribution is -2.57. The number of thioether (sulfide) groups is 1. The van der Waals surface area contributed by atoms with Gasteiger partial charge in [0.1, 0.15) is 6.04 Å². The molecule has 0 aromatic heterocycles. The van der Waals surface area contributed by atoms with E-state index in [4.69, 9.17) is 5.11 Å². The standard InChI is InChI=1S/C20H33N3O4S/c1-19(2,3)22-17(26)15-20-9-8-12(28-20)13(16(25)21-4)14(20)18(27)23(15)10-6-5-7-11-24/h12-15,24H,5-11H2,1-4H3,(H,21,25)(H,22,26)/t12-,13+,14-,15?,20?/m0/s1. The van der Waals surface area contributed by atoms with Crippen LogP contribution in [0.2, 0.25) is 0 Å². The number of carbonyl (C=O) groups excluding carboxylic acids is 3. The van der Waals surface area contributed by atoms with Crippen molar-refractivity contribution in [3.8, 4) is 0 Å². The maximum atomic E-state index is 13.4. The zero-order chi connectivity index (χ0) is 20.7. The van der Waals surface area contributed by atoms with Gasteiger partial charge in [-0.2, -0.15) is 0 Å². The smallest absolute Gasteiger partial charge is 0.244 e. The number of fused-ring (bicyclic) bond motifs is 1. The topological polar surface area (TPSA) is 98.7 Å². The minimum absolute atomic E-state index is 0.0543. The van der Waals surface area contributed by atoms with Gasteiger partial charge in [0.25, 0.3) is 0 Å². The van der Waals surface area contributed by atoms with Crippen LogP contribution in [0.5, 0.6) is 0 Å². The molecule has 7 nitrogen and oxygen atoms in total. The first-order valence-corrected chi connectivity index (χ1v) is 11.2. The molecule has 3 rings (SSSR count). The van der Waals surface area contributed by atoms with Crippen LogP contribution < -0.4 is 10.6 Å². The summed E-state index contributed by atoms with van der Waals surface area (Å²) in [6.45, 7) is 6.44. The Balaban J connectivity index is 1.92. The summed E-state index contributed by atoms with van der Waals surface area (Å²) in [5.74, 6) is -1.04. The monoisotopic (exact) mass is 411 g/mol. The third-order valence-electron chi connectivity index (χ3n) is 6.15. The van der Waals surface area contributed by atoms with E-state index in [2.05, 4.69) is 10.6 Å². The molecule has 2 bridgehead atoms. The van der Waals surface area contributed by atoms with Crippen LogP contribution in [0.15, 0.2) is 0 Å². The molecule has 3 N–H and O–H groups in total. The lowest BCUT2D eigenvalue weighted by Gasteiger charge is -2.36. The van der Waals surface area contributed by atoms with Crippen LogP contribution >= 0.6 is 11.8 Å². The van der Waals surface area contributed by atoms with Crippen LogP contribution in [0.1, 0.15) is 52.9 Å². The average molecular weight is 412 g/mol. The SMILES string of the molecule is CNC(=O)[C@@H]1[C@@H]2CCC3(S2)C(C(=O)NC(C)(C)C)N(CCCCCO)C(=O)[C@H]13. The minimum Gasteiger partial charge on any atom is -0.396 e. The number of likely N-dealkylation sites (tertiary alicyclic amines) is 1. The minimum atomic E-state index is -0.539. The Morgan fingerprint density at radius 1 is 1.25 bits per heavy atom. The molecule has 5 atom stereocenters. The van der Waals surface area contributed by atoms with Crippen molar-refractivity contribution in [2.45, 2.75) is 74.5 Å². The van der Waals surface area contributed by atoms with Crippen molar-refractivity contribution in [3.63, 3.8) is 0 Å². The predicted molar refractivity (Wildman–Crippen MR) is 109 cm³/mol. The first-order valence-electron chi connectivity index (χ1n) is 10.3. The van der Waals surface area contributed by atoms with Crippen molar-refractivity contribution in [3.05, 3.63) is 0 Å². The molecule has 158 valence electrons. The number of hydrogen-bond acceptors (Lipinski definition) is 5. The number of hydrogen-bond donors (Lipinski definition) is 3. The number of carbonyl (C=O) groups is 3. The molecule has 3 heterocycles. The fraction of sp³-hybridized carbons (Fsp3) is 0.850. The van der Waals surface area contributed by atoms with E-state index in [0.29, 0.717) is 13.0 Å². The number of nitrogens with one attached hydrogen (secondary N) is 2. The summed E-state index contributed by atoms with van der Waals surface area (Å²) in [5.41, 5.74) is -0.390. The van der Waals surface area contributed by atoms with Gasteiger partial charge in [-0.25, -0.2) is 0 Å². The summed E-state index contributed by atoms with van der Waals surface area (Å²) >= 11 is 1.69. The molecule has 3 aliphatic rings. The summed E-state index contributed by atoms with van der Waals surface area (Å²) < 4.78 is -0.509. The van der Waals surface area contributed by atoms with Crippen LogP contribution in [0.25, 0.3) is 0 Å². The number of nitrogens with zero attached hydrogens (tertiary/aromatic N) is 1. The van der Waals surface area contributed by atoms with Gasteiger partial charge in [0.2, 0.25) is 17.7 Å². The van der Waals surface area contributed by atoms with Crippen LogP contribution in [0.3, 0.4) is 0 Å². The maximum Gasteiger partial charge on any atom is 0.244 e. The van der Waals surface area contributed by atoms with E-state index in [1.54, 1.807) is 23.7 Å². The van der Waals surface area contributed by atoms with Crippen molar-refractivity contribution >= 4 is 29.5 Å². The highest BCUT2D eigenvalue weighted by Crippen LogP contribution is 2.66. The second-order valence-corrected chi connectivity index (χ2v) is 10.8. The number of rotatable bonds is 7. The number of aliphatic hydroxyl groups excluding tert-OH is 1. The van der Waals surface area contributed by atoms with E-state index >= 15 is 0 Å². The highest BCUT2D eigenvalue weighted by molar-refractivity contribution is 8.02. The maximum absolute atomic E-state index is 13.4. The highest BCUT2D eigenvalue weighted by atomic mass is 32.2. The molecule has 0 aromatic carbocycles. The van der Waals surface area contributed by atoms with Crippen LogP contribution in [0, 0.1) is 11.8 Å². The van der Waals surface area contributed by atoms with Crippen molar-refractivity contribution in [1.29, 1.82) is 0 Å². The fourth-order valence-electron chi connectivity index (χ4n) is 5.17. The van der Waals surface area contributed by atoms with E-state index in [1.807, 2.05) is 20.8 Å². The molecule has 3 amide bonds. The summed E-state index contributed by atoms with van der Waals surface area (Å²) in [6, 6.07) is -0.539. The third-order valence-corrected chi connectivity index (χ3v) is 8.10. The fourth-order valence-corrected chi connectivity index (χ4v) is 7.39. The second kappa shape index (κ2) is 7.86. The lowest BCUT2D eigenvalue weighted by atomic mass is 9.70. The zero-order valence-corrected chi connectivity index (χ0v) is 18.1. The molecule has 3 aliphatic heterocycles. The predicted octanol–water partition coefficient (Wildman–Crippen LogP) is 0.901. The second-order valence-electron chi connectivity index (χ2n) is 9.23. The lowest BCUT2D eigenvalue weighted by molar-refractivity contribution is -0.140. The van der Waals surface area contributed by atoms with Crippen molar-refractivity contribution in [2.75, 3.05) is 20.2 Å². The number of unbranched alkanes of at least 4 members (excludes halogenated alkanes) is 2. The Kier molecular flexibility index (Phi) is 6.01. The molecular weight excluding hydrogens is 378 g/mol. The molecule has 3 fully saturated rings. The Bertz CT molecular complexity index is 650. The van der Waals surface area contributed by atoms with Gasteiger partial charge in [0.15, 0.2) is 0 Å². The van der Waals surface area contributed by atoms with Gasteiger partial charge in [0.05, 0.1) is 16.6 Å². The Hall–Kier alpha value is -1.28. The largest absolute Gasteiger partial charge is 0.396 e. The summed E-state index contributed by atoms with van der Waals surface area (Å²) in [4.78, 5) is 41.1. The number of aliphatic hydroxyl groups is 1. The van der Waals surface area contributed by atoms with Crippen molar-refractivity contribution < 1.29 is 19.5 Å². The quantitative estimate of drug-likeness (QED) is 0.541. The molecule has 0 saturated carbocycles.